The predicted octanol–water partition coefficient (Wildman–Crippen LogP) is 4.18. The van der Waals surface area contributed by atoms with Crippen LogP contribution >= 0.6 is 23.2 Å². The summed E-state index contributed by atoms with van der Waals surface area (Å²) in [5.41, 5.74) is 9.86. The molecule has 0 bridgehead atoms. The van der Waals surface area contributed by atoms with Gasteiger partial charge in [0.05, 0.1) is 17.1 Å². The third-order valence-corrected chi connectivity index (χ3v) is 6.47. The lowest BCUT2D eigenvalue weighted by atomic mass is 10.0. The van der Waals surface area contributed by atoms with Crippen LogP contribution in [0, 0.1) is 5.92 Å². The number of carbonyl (C=O) groups is 2. The zero-order chi connectivity index (χ0) is 26.9. The molecule has 0 spiro atoms. The highest BCUT2D eigenvalue weighted by atomic mass is 35.5. The number of imidazole rings is 1. The number of carbonyl (C=O) groups excluding carboxylic acids is 1. The molecule has 1 amide bonds. The van der Waals surface area contributed by atoms with Crippen molar-refractivity contribution in [1.82, 2.24) is 14.9 Å². The minimum Gasteiger partial charge on any atom is -0.480 e. The zero-order valence-electron chi connectivity index (χ0n) is 21.2. The van der Waals surface area contributed by atoms with Gasteiger partial charge in [0.25, 0.3) is 0 Å². The summed E-state index contributed by atoms with van der Waals surface area (Å²) in [6, 6.07) is 14.1. The number of para-hydroxylation sites is 1. The van der Waals surface area contributed by atoms with Crippen LogP contribution in [0.4, 0.5) is 5.69 Å². The van der Waals surface area contributed by atoms with E-state index in [1.54, 1.807) is 0 Å². The van der Waals surface area contributed by atoms with Crippen LogP contribution in [0.2, 0.25) is 0 Å². The number of hydrogen-bond acceptors (Lipinski definition) is 5. The highest BCUT2D eigenvalue weighted by Crippen LogP contribution is 2.27. The van der Waals surface area contributed by atoms with Gasteiger partial charge < -0.3 is 21.1 Å². The molecule has 4 N–H and O–H groups in total. The molecule has 0 aliphatic carbocycles. The predicted molar refractivity (Wildman–Crippen MR) is 150 cm³/mol. The largest absolute Gasteiger partial charge is 0.480 e. The number of fused-ring (bicyclic) bond motifs is 1. The van der Waals surface area contributed by atoms with Crippen LogP contribution in [0.1, 0.15) is 32.5 Å². The molecule has 0 aliphatic rings. The fourth-order valence-electron chi connectivity index (χ4n) is 4.31. The van der Waals surface area contributed by atoms with Gasteiger partial charge in [0, 0.05) is 42.6 Å². The molecule has 1 aromatic heterocycles. The first-order chi connectivity index (χ1) is 17.7. The molecule has 0 unspecified atom stereocenters. The van der Waals surface area contributed by atoms with Crippen molar-refractivity contribution in [3.05, 3.63) is 54.4 Å². The number of nitrogens with two attached hydrogens (primary N) is 1. The summed E-state index contributed by atoms with van der Waals surface area (Å²) in [5.74, 6) is 0.318. The first-order valence-corrected chi connectivity index (χ1v) is 13.5. The number of carboxylic acid groups (broad SMARTS) is 1. The number of halogens is 2. The van der Waals surface area contributed by atoms with Crippen molar-refractivity contribution < 1.29 is 14.7 Å². The molecule has 37 heavy (non-hydrogen) atoms. The topological polar surface area (TPSA) is 113 Å². The second-order valence-electron chi connectivity index (χ2n) is 9.41. The molecule has 0 fully saturated rings. The highest BCUT2D eigenvalue weighted by molar-refractivity contribution is 6.18. The number of carboxylic acids is 1. The van der Waals surface area contributed by atoms with Crippen LogP contribution in [0.15, 0.2) is 48.5 Å². The molecule has 0 saturated heterocycles. The summed E-state index contributed by atoms with van der Waals surface area (Å²) in [5, 5.41) is 12.0. The minimum absolute atomic E-state index is 0.123. The quantitative estimate of drug-likeness (QED) is 0.261. The van der Waals surface area contributed by atoms with E-state index in [0.29, 0.717) is 44.1 Å². The van der Waals surface area contributed by atoms with Gasteiger partial charge in [0.2, 0.25) is 5.91 Å². The standard InChI is InChI=1S/C27H35Cl2N5O3/c1-18(2)16-23(27(36)37)32-26(35)21(30)9-11-25-31-22-17-20(33(14-12-28)15-13-29)8-10-24(22)34(25)19-6-4-3-5-7-19/h3-8,10,17-18,21,23H,9,11-16,30H2,1-2H3,(H,32,35)(H,36,37)/t21-,23-/m0/s1. The Bertz CT molecular complexity index is 1180. The van der Waals surface area contributed by atoms with Gasteiger partial charge in [-0.2, -0.15) is 0 Å². The van der Waals surface area contributed by atoms with Crippen molar-refractivity contribution in [2.75, 3.05) is 29.7 Å². The van der Waals surface area contributed by atoms with Gasteiger partial charge in [-0.1, -0.05) is 32.0 Å². The number of amides is 1. The van der Waals surface area contributed by atoms with Crippen molar-refractivity contribution in [3.8, 4) is 5.69 Å². The van der Waals surface area contributed by atoms with Crippen LogP contribution in [0.5, 0.6) is 0 Å². The number of aromatic nitrogens is 2. The Morgan fingerprint density at radius 1 is 1.11 bits per heavy atom. The summed E-state index contributed by atoms with van der Waals surface area (Å²) in [4.78, 5) is 31.2. The number of anilines is 1. The number of alkyl halides is 2. The van der Waals surface area contributed by atoms with Gasteiger partial charge in [-0.05, 0) is 49.1 Å². The third-order valence-electron chi connectivity index (χ3n) is 6.13. The molecule has 2 aromatic carbocycles. The Morgan fingerprint density at radius 3 is 2.38 bits per heavy atom. The fourth-order valence-corrected chi connectivity index (χ4v) is 4.72. The number of nitrogens with one attached hydrogen (secondary N) is 1. The number of rotatable bonds is 14. The molecule has 3 rings (SSSR count). The van der Waals surface area contributed by atoms with Gasteiger partial charge in [-0.15, -0.1) is 23.2 Å². The first-order valence-electron chi connectivity index (χ1n) is 12.5. The Balaban J connectivity index is 1.87. The molecule has 1 heterocycles. The van der Waals surface area contributed by atoms with Gasteiger partial charge >= 0.3 is 5.97 Å². The van der Waals surface area contributed by atoms with E-state index in [1.165, 1.54) is 0 Å². The average Bonchev–Trinajstić information content (AvgIpc) is 3.24. The van der Waals surface area contributed by atoms with Crippen molar-refractivity contribution in [1.29, 1.82) is 0 Å². The monoisotopic (exact) mass is 547 g/mol. The lowest BCUT2D eigenvalue weighted by molar-refractivity contribution is -0.142. The van der Waals surface area contributed by atoms with Crippen molar-refractivity contribution in [2.24, 2.45) is 11.7 Å². The maximum absolute atomic E-state index is 12.7. The van der Waals surface area contributed by atoms with Crippen molar-refractivity contribution in [3.63, 3.8) is 0 Å². The van der Waals surface area contributed by atoms with Crippen LogP contribution < -0.4 is 16.0 Å². The maximum atomic E-state index is 12.7. The van der Waals surface area contributed by atoms with Gasteiger partial charge in [-0.25, -0.2) is 9.78 Å². The van der Waals surface area contributed by atoms with E-state index >= 15 is 0 Å². The second kappa shape index (κ2) is 13.7. The van der Waals surface area contributed by atoms with E-state index in [4.69, 9.17) is 33.9 Å². The highest BCUT2D eigenvalue weighted by Gasteiger charge is 2.25. The van der Waals surface area contributed by atoms with Gasteiger partial charge in [-0.3, -0.25) is 9.36 Å². The lowest BCUT2D eigenvalue weighted by Gasteiger charge is -2.22. The number of benzene rings is 2. The summed E-state index contributed by atoms with van der Waals surface area (Å²) in [7, 11) is 0. The average molecular weight is 549 g/mol. The molecule has 0 saturated carbocycles. The van der Waals surface area contributed by atoms with E-state index < -0.39 is 24.0 Å². The van der Waals surface area contributed by atoms with Crippen LogP contribution in [-0.2, 0) is 16.0 Å². The molecular weight excluding hydrogens is 513 g/mol. The zero-order valence-corrected chi connectivity index (χ0v) is 22.8. The normalized spacial score (nSPS) is 13.0. The minimum atomic E-state index is -1.06. The fraction of sp³-hybridized carbons (Fsp3) is 0.444. The van der Waals surface area contributed by atoms with E-state index in [0.717, 1.165) is 28.2 Å². The van der Waals surface area contributed by atoms with Crippen LogP contribution in [0.25, 0.3) is 16.7 Å². The smallest absolute Gasteiger partial charge is 0.326 e. The second-order valence-corrected chi connectivity index (χ2v) is 10.2. The molecule has 8 nitrogen and oxygen atoms in total. The molecule has 0 aliphatic heterocycles. The summed E-state index contributed by atoms with van der Waals surface area (Å²) in [6.07, 6.45) is 1.08. The van der Waals surface area contributed by atoms with Crippen LogP contribution in [-0.4, -0.2) is 63.5 Å². The van der Waals surface area contributed by atoms with E-state index in [2.05, 4.69) is 14.8 Å². The molecule has 2 atom stereocenters. The van der Waals surface area contributed by atoms with E-state index in [-0.39, 0.29) is 5.92 Å². The number of nitrogens with zero attached hydrogens (tertiary/aromatic N) is 3. The summed E-state index contributed by atoms with van der Waals surface area (Å²) in [6.45, 7) is 5.16. The molecule has 10 heteroatoms. The number of aliphatic carboxylic acids is 1. The Morgan fingerprint density at radius 2 is 1.78 bits per heavy atom. The van der Waals surface area contributed by atoms with E-state index in [9.17, 15) is 14.7 Å². The molecule has 200 valence electrons. The third kappa shape index (κ3) is 7.60. The Labute approximate surface area is 227 Å². The molecule has 3 aromatic rings. The Hall–Kier alpha value is -2.81. The van der Waals surface area contributed by atoms with Crippen LogP contribution in [0.3, 0.4) is 0 Å². The number of hydrogen-bond donors (Lipinski definition) is 3. The van der Waals surface area contributed by atoms with Gasteiger partial charge in [0.1, 0.15) is 11.9 Å². The molecule has 0 radical (unpaired) electrons. The molecular formula is C27H35Cl2N5O3. The van der Waals surface area contributed by atoms with E-state index in [1.807, 2.05) is 62.4 Å². The summed E-state index contributed by atoms with van der Waals surface area (Å²) < 4.78 is 2.07. The lowest BCUT2D eigenvalue weighted by Crippen LogP contribution is -2.49. The maximum Gasteiger partial charge on any atom is 0.326 e. The summed E-state index contributed by atoms with van der Waals surface area (Å²) >= 11 is 12.0. The van der Waals surface area contributed by atoms with Crippen molar-refractivity contribution in [2.45, 2.75) is 45.2 Å². The van der Waals surface area contributed by atoms with Gasteiger partial charge in [0.15, 0.2) is 0 Å². The SMILES string of the molecule is CC(C)C[C@H](NC(=O)[C@@H](N)CCc1nc2cc(N(CCCl)CCCl)ccc2n1-c1ccccc1)C(=O)O. The first kappa shape index (κ1) is 28.8. The van der Waals surface area contributed by atoms with Crippen molar-refractivity contribution >= 4 is 51.8 Å². The Kier molecular flexibility index (Phi) is 10.6. The number of aryl methyl sites for hydroxylation is 1.